The Bertz CT molecular complexity index is 1520. The second kappa shape index (κ2) is 10.8. The van der Waals surface area contributed by atoms with Gasteiger partial charge < -0.3 is 19.8 Å². The lowest BCUT2D eigenvalue weighted by Gasteiger charge is -2.40. The van der Waals surface area contributed by atoms with Crippen molar-refractivity contribution in [1.82, 2.24) is 24.2 Å². The molecule has 6 rings (SSSR count). The van der Waals surface area contributed by atoms with Crippen molar-refractivity contribution in [2.24, 2.45) is 0 Å². The molecule has 0 atom stereocenters. The number of anilines is 3. The first-order valence-corrected chi connectivity index (χ1v) is 14.6. The summed E-state index contributed by atoms with van der Waals surface area (Å²) in [6.45, 7) is 8.82. The van der Waals surface area contributed by atoms with E-state index in [0.717, 1.165) is 71.8 Å². The highest BCUT2D eigenvalue weighted by atomic mass is 32.1. The Morgan fingerprint density at radius 3 is 2.55 bits per heavy atom. The Morgan fingerprint density at radius 2 is 1.88 bits per heavy atom. The van der Waals surface area contributed by atoms with Crippen molar-refractivity contribution in [3.8, 4) is 11.3 Å². The predicted octanol–water partition coefficient (Wildman–Crippen LogP) is 3.56. The number of hydrogen-bond acceptors (Lipinski definition) is 8. The van der Waals surface area contributed by atoms with E-state index in [4.69, 9.17) is 9.97 Å². The van der Waals surface area contributed by atoms with Crippen LogP contribution in [0.5, 0.6) is 0 Å². The summed E-state index contributed by atoms with van der Waals surface area (Å²) in [7, 11) is 2.02. The molecular weight excluding hydrogens is 529 g/mol. The van der Waals surface area contributed by atoms with Crippen LogP contribution in [0.25, 0.3) is 16.9 Å². The second-order valence-electron chi connectivity index (χ2n) is 10.6. The average Bonchev–Trinajstić information content (AvgIpc) is 3.56. The van der Waals surface area contributed by atoms with Gasteiger partial charge in [0.2, 0.25) is 5.91 Å². The Balaban J connectivity index is 1.23. The maximum Gasteiger partial charge on any atom is 0.236 e. The zero-order chi connectivity index (χ0) is 28.0. The lowest BCUT2D eigenvalue weighted by molar-refractivity contribution is -0.142. The third-order valence-electron chi connectivity index (χ3n) is 7.84. The monoisotopic (exact) mass is 563 g/mol. The summed E-state index contributed by atoms with van der Waals surface area (Å²) in [5.74, 6) is 0.821. The third kappa shape index (κ3) is 5.04. The standard InChI is InChI=1S/C29H34FN7O2S/c1-4-23-28(33(3)29-32-24(18-40-29)20-5-7-21(30)8-6-20)37-16-25(19(2)13-26(37)31-23)35-11-9-34(10-12-35)17-27(39)36-14-22(38)15-36/h5-8,13,16,18,22,38H,4,9-12,14-15,17H2,1-3H3. The van der Waals surface area contributed by atoms with Crippen LogP contribution in [0.2, 0.25) is 0 Å². The van der Waals surface area contributed by atoms with Gasteiger partial charge in [-0.3, -0.25) is 14.1 Å². The van der Waals surface area contributed by atoms with Gasteiger partial charge in [-0.25, -0.2) is 14.4 Å². The fourth-order valence-corrected chi connectivity index (χ4v) is 6.29. The number of aromatic nitrogens is 3. The van der Waals surface area contributed by atoms with Crippen LogP contribution in [0.15, 0.2) is 41.9 Å². The number of fused-ring (bicyclic) bond motifs is 1. The predicted molar refractivity (Wildman–Crippen MR) is 156 cm³/mol. The average molecular weight is 564 g/mol. The van der Waals surface area contributed by atoms with Gasteiger partial charge in [-0.15, -0.1) is 11.3 Å². The number of halogens is 1. The van der Waals surface area contributed by atoms with Crippen molar-refractivity contribution in [2.45, 2.75) is 26.4 Å². The van der Waals surface area contributed by atoms with Crippen LogP contribution in [0.3, 0.4) is 0 Å². The molecule has 3 aromatic heterocycles. The van der Waals surface area contributed by atoms with Gasteiger partial charge in [0.25, 0.3) is 0 Å². The lowest BCUT2D eigenvalue weighted by Crippen LogP contribution is -2.57. The van der Waals surface area contributed by atoms with Gasteiger partial charge in [-0.1, -0.05) is 6.92 Å². The molecule has 1 amide bonds. The highest BCUT2D eigenvalue weighted by molar-refractivity contribution is 7.14. The molecule has 40 heavy (non-hydrogen) atoms. The van der Waals surface area contributed by atoms with Crippen molar-refractivity contribution >= 4 is 39.5 Å². The SMILES string of the molecule is CCc1nc2cc(C)c(N3CCN(CC(=O)N4CC(O)C4)CC3)cn2c1N(C)c1nc(-c2ccc(F)cc2)cs1. The van der Waals surface area contributed by atoms with Crippen LogP contribution in [-0.4, -0.2) is 94.1 Å². The molecule has 1 aromatic carbocycles. The first-order chi connectivity index (χ1) is 19.3. The van der Waals surface area contributed by atoms with E-state index in [-0.39, 0.29) is 17.8 Å². The van der Waals surface area contributed by atoms with Gasteiger partial charge in [0, 0.05) is 63.5 Å². The number of nitrogens with zero attached hydrogens (tertiary/aromatic N) is 7. The maximum atomic E-state index is 13.4. The molecule has 210 valence electrons. The van der Waals surface area contributed by atoms with Crippen molar-refractivity contribution in [3.63, 3.8) is 0 Å². The number of aliphatic hydroxyl groups excluding tert-OH is 1. The number of aryl methyl sites for hydroxylation is 2. The quantitative estimate of drug-likeness (QED) is 0.368. The molecule has 2 fully saturated rings. The van der Waals surface area contributed by atoms with Crippen LogP contribution >= 0.6 is 11.3 Å². The van der Waals surface area contributed by atoms with Gasteiger partial charge in [0.15, 0.2) is 5.13 Å². The normalized spacial score (nSPS) is 16.5. The molecule has 2 aliphatic heterocycles. The molecule has 2 saturated heterocycles. The van der Waals surface area contributed by atoms with E-state index in [1.165, 1.54) is 17.7 Å². The molecular formula is C29H34FN7O2S. The number of imidazole rings is 1. The van der Waals surface area contributed by atoms with Gasteiger partial charge in [-0.05, 0) is 49.2 Å². The van der Waals surface area contributed by atoms with Crippen LogP contribution in [0, 0.1) is 12.7 Å². The number of likely N-dealkylation sites (tertiary alicyclic amines) is 1. The number of carbonyl (C=O) groups is 1. The Labute approximate surface area is 237 Å². The second-order valence-corrected chi connectivity index (χ2v) is 11.4. The molecule has 9 nitrogen and oxygen atoms in total. The zero-order valence-corrected chi connectivity index (χ0v) is 23.9. The third-order valence-corrected chi connectivity index (χ3v) is 8.76. The first-order valence-electron chi connectivity index (χ1n) is 13.7. The Hall–Kier alpha value is -3.54. The van der Waals surface area contributed by atoms with Crippen molar-refractivity contribution in [1.29, 1.82) is 0 Å². The fourth-order valence-electron chi connectivity index (χ4n) is 5.49. The number of carbonyl (C=O) groups excluding carboxylic acids is 1. The van der Waals surface area contributed by atoms with Crippen LogP contribution in [-0.2, 0) is 11.2 Å². The number of hydrogen-bond donors (Lipinski definition) is 1. The Kier molecular flexibility index (Phi) is 7.20. The molecule has 0 radical (unpaired) electrons. The van der Waals surface area contributed by atoms with E-state index in [9.17, 15) is 14.3 Å². The molecule has 0 bridgehead atoms. The molecule has 11 heteroatoms. The summed E-state index contributed by atoms with van der Waals surface area (Å²) in [5, 5.41) is 12.3. The smallest absolute Gasteiger partial charge is 0.236 e. The number of pyridine rings is 1. The van der Waals surface area contributed by atoms with E-state index >= 15 is 0 Å². The molecule has 0 unspecified atom stereocenters. The van der Waals surface area contributed by atoms with Crippen LogP contribution in [0.1, 0.15) is 18.2 Å². The number of amides is 1. The van der Waals surface area contributed by atoms with E-state index in [1.54, 1.807) is 28.4 Å². The summed E-state index contributed by atoms with van der Waals surface area (Å²) >= 11 is 1.55. The van der Waals surface area contributed by atoms with Crippen LogP contribution in [0.4, 0.5) is 21.0 Å². The molecule has 5 heterocycles. The zero-order valence-electron chi connectivity index (χ0n) is 23.0. The highest BCUT2D eigenvalue weighted by Gasteiger charge is 2.30. The topological polar surface area (TPSA) is 80.5 Å². The molecule has 0 saturated carbocycles. The minimum atomic E-state index is -0.369. The van der Waals surface area contributed by atoms with Gasteiger partial charge in [0.1, 0.15) is 17.3 Å². The summed E-state index contributed by atoms with van der Waals surface area (Å²) in [4.78, 5) is 30.7. The van der Waals surface area contributed by atoms with Gasteiger partial charge in [0.05, 0.1) is 29.7 Å². The maximum absolute atomic E-state index is 13.4. The molecule has 0 aliphatic carbocycles. The van der Waals surface area contributed by atoms with Crippen molar-refractivity contribution < 1.29 is 14.3 Å². The van der Waals surface area contributed by atoms with E-state index < -0.39 is 0 Å². The minimum Gasteiger partial charge on any atom is -0.389 e. The lowest BCUT2D eigenvalue weighted by atomic mass is 10.1. The first kappa shape index (κ1) is 26.7. The molecule has 0 spiro atoms. The number of piperazine rings is 1. The van der Waals surface area contributed by atoms with Gasteiger partial charge in [-0.2, -0.15) is 0 Å². The highest BCUT2D eigenvalue weighted by Crippen LogP contribution is 2.35. The largest absolute Gasteiger partial charge is 0.389 e. The van der Waals surface area contributed by atoms with Crippen molar-refractivity contribution in [3.05, 3.63) is 59.0 Å². The van der Waals surface area contributed by atoms with Gasteiger partial charge >= 0.3 is 0 Å². The fraction of sp³-hybridized carbons (Fsp3) is 0.414. The summed E-state index contributed by atoms with van der Waals surface area (Å²) in [6, 6.07) is 8.55. The minimum absolute atomic E-state index is 0.0966. The number of thiazole rings is 1. The van der Waals surface area contributed by atoms with Crippen LogP contribution < -0.4 is 9.80 Å². The Morgan fingerprint density at radius 1 is 1.15 bits per heavy atom. The molecule has 2 aliphatic rings. The number of β-amino-alcohol motifs (C(OH)–C–C–N with tert-alkyl or cyclic N) is 1. The molecule has 1 N–H and O–H groups in total. The van der Waals surface area contributed by atoms with E-state index in [0.29, 0.717) is 19.6 Å². The number of rotatable bonds is 7. The summed E-state index contributed by atoms with van der Waals surface area (Å²) < 4.78 is 15.6. The number of aliphatic hydroxyl groups is 1. The van der Waals surface area contributed by atoms with E-state index in [2.05, 4.69) is 45.2 Å². The van der Waals surface area contributed by atoms with E-state index in [1.807, 2.05) is 12.4 Å². The molecule has 4 aromatic rings. The van der Waals surface area contributed by atoms with Crippen molar-refractivity contribution in [2.75, 3.05) is 62.7 Å². The summed E-state index contributed by atoms with van der Waals surface area (Å²) in [6.07, 6.45) is 2.60. The summed E-state index contributed by atoms with van der Waals surface area (Å²) in [5.41, 5.74) is 5.92. The number of benzene rings is 1.